The Morgan fingerprint density at radius 3 is 2.27 bits per heavy atom. The molecule has 2 heterocycles. The molecule has 0 aromatic carbocycles. The molecular weight excluding hydrogens is 302 g/mol. The Bertz CT molecular complexity index is 308. The highest BCUT2D eigenvalue weighted by atomic mass is 32.1. The lowest BCUT2D eigenvalue weighted by molar-refractivity contribution is -0.117. The molecule has 0 amide bonds. The summed E-state index contributed by atoms with van der Waals surface area (Å²) >= 11 is 5.27. The van der Waals surface area contributed by atoms with Crippen molar-refractivity contribution in [3.05, 3.63) is 0 Å². The summed E-state index contributed by atoms with van der Waals surface area (Å²) < 4.78 is 10.3. The summed E-state index contributed by atoms with van der Waals surface area (Å²) in [5.41, 5.74) is 0. The van der Waals surface area contributed by atoms with Crippen LogP contribution in [-0.2, 0) is 14.3 Å². The normalized spacial score (nSPS) is 18.1. The number of carbonyl (C=O) groups excluding carboxylic acids is 1. The van der Waals surface area contributed by atoms with Gasteiger partial charge in [-0.2, -0.15) is 0 Å². The molecule has 0 atom stereocenters. The van der Waals surface area contributed by atoms with Gasteiger partial charge in [0.25, 0.3) is 0 Å². The number of Topliss-reactive ketones (excluding diaryl/α,β-unsaturated/α-hetero) is 1. The molecule has 0 spiro atoms. The Morgan fingerprint density at radius 1 is 1.14 bits per heavy atom. The topological polar surface area (TPSA) is 62.8 Å². The molecule has 0 unspecified atom stereocenters. The van der Waals surface area contributed by atoms with E-state index in [9.17, 15) is 4.79 Å². The molecule has 0 aliphatic carbocycles. The minimum atomic E-state index is 0.260. The average molecular weight is 331 g/mol. The number of unbranched alkanes of at least 4 members (excludes halogenated alkanes) is 1. The predicted molar refractivity (Wildman–Crippen MR) is 91.2 cm³/mol. The molecule has 2 aliphatic heterocycles. The molecule has 0 saturated carbocycles. The Morgan fingerprint density at radius 2 is 1.77 bits per heavy atom. The van der Waals surface area contributed by atoms with Gasteiger partial charge in [-0.15, -0.1) is 0 Å². The third-order valence-electron chi connectivity index (χ3n) is 3.38. The highest BCUT2D eigenvalue weighted by molar-refractivity contribution is 7.80. The molecule has 2 N–H and O–H groups in total. The van der Waals surface area contributed by atoms with Gasteiger partial charge in [-0.05, 0) is 32.0 Å². The molecule has 0 aromatic rings. The van der Waals surface area contributed by atoms with Gasteiger partial charge in [0.1, 0.15) is 5.78 Å². The van der Waals surface area contributed by atoms with Crippen LogP contribution in [0.1, 0.15) is 26.2 Å². The summed E-state index contributed by atoms with van der Waals surface area (Å²) in [6.45, 7) is 9.58. The van der Waals surface area contributed by atoms with Crippen molar-refractivity contribution < 1.29 is 14.3 Å². The van der Waals surface area contributed by atoms with Gasteiger partial charge in [0, 0.05) is 39.1 Å². The fourth-order valence-electron chi connectivity index (χ4n) is 2.09. The van der Waals surface area contributed by atoms with Gasteiger partial charge in [-0.25, -0.2) is 0 Å². The van der Waals surface area contributed by atoms with E-state index in [1.54, 1.807) is 6.92 Å². The summed E-state index contributed by atoms with van der Waals surface area (Å²) in [5, 5.41) is 7.19. The maximum absolute atomic E-state index is 10.7. The average Bonchev–Trinajstić information content (AvgIpc) is 2.57. The van der Waals surface area contributed by atoms with Crippen LogP contribution in [0.15, 0.2) is 0 Å². The number of morpholine rings is 2. The summed E-state index contributed by atoms with van der Waals surface area (Å²) in [4.78, 5) is 12.8. The van der Waals surface area contributed by atoms with Crippen LogP contribution in [0.2, 0.25) is 0 Å². The van der Waals surface area contributed by atoms with Crippen LogP contribution < -0.4 is 10.6 Å². The van der Waals surface area contributed by atoms with Crippen molar-refractivity contribution in [2.75, 3.05) is 59.2 Å². The maximum atomic E-state index is 10.7. The van der Waals surface area contributed by atoms with Gasteiger partial charge in [-0.3, -0.25) is 0 Å². The third kappa shape index (κ3) is 10.0. The Labute approximate surface area is 138 Å². The van der Waals surface area contributed by atoms with E-state index in [4.69, 9.17) is 21.7 Å². The quantitative estimate of drug-likeness (QED) is 0.564. The fourth-order valence-corrected chi connectivity index (χ4v) is 2.37. The standard InChI is InChI=1S/C11H20N2O2S.C4H9NO/c1-10(14)4-2-3-5-12-11(16)13-6-8-15-9-7-13;1-3-6-4-2-5-1/h2-9H2,1H3,(H,12,16);5H,1-4H2. The number of carbonyl (C=O) groups is 1. The largest absolute Gasteiger partial charge is 0.379 e. The lowest BCUT2D eigenvalue weighted by Gasteiger charge is -2.29. The number of thiocarbonyl (C=S) groups is 1. The van der Waals surface area contributed by atoms with E-state index in [0.29, 0.717) is 6.42 Å². The number of nitrogens with one attached hydrogen (secondary N) is 2. The first-order valence-electron chi connectivity index (χ1n) is 8.08. The predicted octanol–water partition coefficient (Wildman–Crippen LogP) is 0.559. The summed E-state index contributed by atoms with van der Waals surface area (Å²) in [6, 6.07) is 0. The van der Waals surface area contributed by atoms with Crippen molar-refractivity contribution in [2.45, 2.75) is 26.2 Å². The van der Waals surface area contributed by atoms with Crippen molar-refractivity contribution in [1.82, 2.24) is 15.5 Å². The highest BCUT2D eigenvalue weighted by Crippen LogP contribution is 1.99. The zero-order chi connectivity index (χ0) is 16.0. The molecule has 0 aromatic heterocycles. The van der Waals surface area contributed by atoms with E-state index in [1.807, 2.05) is 0 Å². The number of rotatable bonds is 5. The van der Waals surface area contributed by atoms with Crippen LogP contribution in [0.3, 0.4) is 0 Å². The van der Waals surface area contributed by atoms with Crippen LogP contribution in [0.25, 0.3) is 0 Å². The molecule has 2 rings (SSSR count). The second kappa shape index (κ2) is 12.8. The van der Waals surface area contributed by atoms with E-state index in [-0.39, 0.29) is 5.78 Å². The molecule has 2 aliphatic rings. The van der Waals surface area contributed by atoms with Gasteiger partial charge in [0.05, 0.1) is 26.4 Å². The molecule has 2 saturated heterocycles. The van der Waals surface area contributed by atoms with Crippen LogP contribution in [0.5, 0.6) is 0 Å². The lowest BCUT2D eigenvalue weighted by Crippen LogP contribution is -2.46. The molecule has 0 bridgehead atoms. The summed E-state index contributed by atoms with van der Waals surface area (Å²) in [5.74, 6) is 0.260. The molecule has 22 heavy (non-hydrogen) atoms. The molecule has 6 nitrogen and oxygen atoms in total. The van der Waals surface area contributed by atoms with E-state index >= 15 is 0 Å². The SMILES string of the molecule is C1COCCN1.CC(=O)CCCCNC(=S)N1CCOCC1. The van der Waals surface area contributed by atoms with Gasteiger partial charge < -0.3 is 29.8 Å². The maximum Gasteiger partial charge on any atom is 0.169 e. The van der Waals surface area contributed by atoms with Crippen molar-refractivity contribution in [2.24, 2.45) is 0 Å². The van der Waals surface area contributed by atoms with Crippen LogP contribution in [0, 0.1) is 0 Å². The first kappa shape index (κ1) is 19.3. The first-order valence-corrected chi connectivity index (χ1v) is 8.49. The number of hydrogen-bond acceptors (Lipinski definition) is 5. The Balaban J connectivity index is 0.000000335. The number of ether oxygens (including phenoxy) is 2. The molecule has 0 radical (unpaired) electrons. The number of hydrogen-bond donors (Lipinski definition) is 2. The van der Waals surface area contributed by atoms with Gasteiger partial charge >= 0.3 is 0 Å². The minimum absolute atomic E-state index is 0.260. The lowest BCUT2D eigenvalue weighted by atomic mass is 10.2. The zero-order valence-corrected chi connectivity index (χ0v) is 14.4. The monoisotopic (exact) mass is 331 g/mol. The smallest absolute Gasteiger partial charge is 0.169 e. The molecule has 7 heteroatoms. The highest BCUT2D eigenvalue weighted by Gasteiger charge is 2.12. The molecule has 128 valence electrons. The van der Waals surface area contributed by atoms with Crippen molar-refractivity contribution in [3.63, 3.8) is 0 Å². The third-order valence-corrected chi connectivity index (χ3v) is 3.78. The Kier molecular flexibility index (Phi) is 11.2. The molecule has 2 fully saturated rings. The van der Waals surface area contributed by atoms with Crippen molar-refractivity contribution >= 4 is 23.1 Å². The van der Waals surface area contributed by atoms with Crippen LogP contribution in [0.4, 0.5) is 0 Å². The second-order valence-electron chi connectivity index (χ2n) is 5.35. The number of ketones is 1. The van der Waals surface area contributed by atoms with Gasteiger partial charge in [-0.1, -0.05) is 0 Å². The first-order chi connectivity index (χ1) is 10.7. The van der Waals surface area contributed by atoms with E-state index < -0.39 is 0 Å². The minimum Gasteiger partial charge on any atom is -0.379 e. The van der Waals surface area contributed by atoms with Crippen LogP contribution >= 0.6 is 12.2 Å². The molecular formula is C15H29N3O3S. The summed E-state index contributed by atoms with van der Waals surface area (Å²) in [7, 11) is 0. The fraction of sp³-hybridized carbons (Fsp3) is 0.867. The van der Waals surface area contributed by atoms with Crippen molar-refractivity contribution in [1.29, 1.82) is 0 Å². The summed E-state index contributed by atoms with van der Waals surface area (Å²) in [6.07, 6.45) is 2.60. The van der Waals surface area contributed by atoms with Gasteiger partial charge in [0.15, 0.2) is 5.11 Å². The van der Waals surface area contributed by atoms with E-state index in [1.165, 1.54) is 0 Å². The zero-order valence-electron chi connectivity index (χ0n) is 13.6. The van der Waals surface area contributed by atoms with E-state index in [0.717, 1.165) is 77.1 Å². The number of nitrogens with zero attached hydrogens (tertiary/aromatic N) is 1. The van der Waals surface area contributed by atoms with Crippen LogP contribution in [-0.4, -0.2) is 74.9 Å². The Hall–Kier alpha value is -0.760. The van der Waals surface area contributed by atoms with Gasteiger partial charge in [0.2, 0.25) is 0 Å². The second-order valence-corrected chi connectivity index (χ2v) is 5.74. The van der Waals surface area contributed by atoms with Crippen molar-refractivity contribution in [3.8, 4) is 0 Å². The van der Waals surface area contributed by atoms with E-state index in [2.05, 4.69) is 15.5 Å².